The summed E-state index contributed by atoms with van der Waals surface area (Å²) in [5.41, 5.74) is 4.45. The van der Waals surface area contributed by atoms with Gasteiger partial charge >= 0.3 is 5.97 Å². The Labute approximate surface area is 98.6 Å². The van der Waals surface area contributed by atoms with E-state index in [0.29, 0.717) is 17.9 Å². The molecule has 1 heterocycles. The zero-order valence-corrected chi connectivity index (χ0v) is 9.24. The fraction of sp³-hybridized carbons (Fsp3) is 0.300. The molecule has 0 aromatic heterocycles. The van der Waals surface area contributed by atoms with Gasteiger partial charge in [0, 0.05) is 6.42 Å². The summed E-state index contributed by atoms with van der Waals surface area (Å²) in [6.45, 7) is 0.228. The first-order valence-corrected chi connectivity index (χ1v) is 4.61. The maximum Gasteiger partial charge on any atom is 0.362 e. The first kappa shape index (κ1) is 12.6. The summed E-state index contributed by atoms with van der Waals surface area (Å²) in [4.78, 5) is 10.6. The Kier molecular flexibility index (Phi) is 3.98. The van der Waals surface area contributed by atoms with Crippen molar-refractivity contribution in [1.82, 2.24) is 0 Å². The lowest BCUT2D eigenvalue weighted by Crippen LogP contribution is -3.00. The number of benzene rings is 1. The number of carboxylic acids is 1. The zero-order valence-electron chi connectivity index (χ0n) is 8.48. The van der Waals surface area contributed by atoms with Crippen LogP contribution in [0, 0.1) is 0 Å². The molecule has 6 heteroatoms. The van der Waals surface area contributed by atoms with Crippen molar-refractivity contribution in [1.29, 1.82) is 0 Å². The quantitative estimate of drug-likeness (QED) is 0.583. The van der Waals surface area contributed by atoms with Crippen LogP contribution in [0.5, 0.6) is 11.5 Å². The predicted octanol–water partition coefficient (Wildman–Crippen LogP) is -3.34. The topological polar surface area (TPSA) is 83.4 Å². The molecule has 0 radical (unpaired) electrons. The number of halogens is 1. The van der Waals surface area contributed by atoms with Gasteiger partial charge in [-0.1, -0.05) is 6.07 Å². The van der Waals surface area contributed by atoms with Crippen molar-refractivity contribution in [3.63, 3.8) is 0 Å². The van der Waals surface area contributed by atoms with Crippen LogP contribution in [0.2, 0.25) is 0 Å². The molecule has 5 nitrogen and oxygen atoms in total. The van der Waals surface area contributed by atoms with Gasteiger partial charge in [0.1, 0.15) is 0 Å². The third-order valence-corrected chi connectivity index (χ3v) is 2.27. The van der Waals surface area contributed by atoms with Crippen LogP contribution in [0.4, 0.5) is 0 Å². The molecule has 0 bridgehead atoms. The number of ether oxygens (including phenoxy) is 2. The number of hydrogen-bond acceptors (Lipinski definition) is 3. The highest BCUT2D eigenvalue weighted by Gasteiger charge is 2.19. The van der Waals surface area contributed by atoms with Crippen molar-refractivity contribution in [2.45, 2.75) is 12.5 Å². The summed E-state index contributed by atoms with van der Waals surface area (Å²) < 4.78 is 10.3. The predicted molar refractivity (Wildman–Crippen MR) is 50.6 cm³/mol. The highest BCUT2D eigenvalue weighted by molar-refractivity contribution is 5.72. The Hall–Kier alpha value is -1.46. The normalized spacial score (nSPS) is 14.1. The van der Waals surface area contributed by atoms with Gasteiger partial charge < -0.3 is 32.7 Å². The van der Waals surface area contributed by atoms with E-state index in [0.717, 1.165) is 5.56 Å². The van der Waals surface area contributed by atoms with Crippen molar-refractivity contribution in [3.8, 4) is 11.5 Å². The second-order valence-electron chi connectivity index (χ2n) is 3.43. The van der Waals surface area contributed by atoms with Crippen LogP contribution in [-0.4, -0.2) is 23.9 Å². The first-order valence-electron chi connectivity index (χ1n) is 4.61. The van der Waals surface area contributed by atoms with Gasteiger partial charge in [-0.2, -0.15) is 0 Å². The molecule has 1 atom stereocenters. The summed E-state index contributed by atoms with van der Waals surface area (Å²) in [5, 5.41) is 8.72. The van der Waals surface area contributed by atoms with Gasteiger partial charge in [0.15, 0.2) is 17.5 Å². The highest BCUT2D eigenvalue weighted by Crippen LogP contribution is 2.32. The van der Waals surface area contributed by atoms with Crippen LogP contribution in [0.15, 0.2) is 18.2 Å². The lowest BCUT2D eigenvalue weighted by Gasteiger charge is -2.04. The molecule has 2 rings (SSSR count). The Balaban J connectivity index is 0.00000128. The summed E-state index contributed by atoms with van der Waals surface area (Å²) >= 11 is 0. The van der Waals surface area contributed by atoms with Crippen LogP contribution in [0.1, 0.15) is 5.56 Å². The second-order valence-corrected chi connectivity index (χ2v) is 3.43. The minimum Gasteiger partial charge on any atom is -1.00 e. The first-order chi connectivity index (χ1) is 7.16. The van der Waals surface area contributed by atoms with Gasteiger partial charge in [0.2, 0.25) is 6.79 Å². The maximum absolute atomic E-state index is 10.6. The number of rotatable bonds is 3. The minimum absolute atomic E-state index is 0. The number of quaternary nitrogens is 1. The maximum atomic E-state index is 10.6. The summed E-state index contributed by atoms with van der Waals surface area (Å²) in [6, 6.07) is 4.77. The highest BCUT2D eigenvalue weighted by atomic mass is 35.5. The van der Waals surface area contributed by atoms with Gasteiger partial charge in [-0.25, -0.2) is 4.79 Å². The lowest BCUT2D eigenvalue weighted by molar-refractivity contribution is -0.407. The number of carboxylic acid groups (broad SMARTS) is 1. The SMILES string of the molecule is [Cl-].[NH3+]C(Cc1ccc2c(c1)OCO2)C(=O)O. The molecule has 0 saturated carbocycles. The Morgan fingerprint density at radius 2 is 2.12 bits per heavy atom. The van der Waals surface area contributed by atoms with Crippen LogP contribution >= 0.6 is 0 Å². The molecule has 0 fully saturated rings. The van der Waals surface area contributed by atoms with Gasteiger partial charge in [0.05, 0.1) is 0 Å². The van der Waals surface area contributed by atoms with Crippen molar-refractivity contribution < 1.29 is 37.5 Å². The number of hydrogen-bond donors (Lipinski definition) is 2. The number of aliphatic carboxylic acids is 1. The van der Waals surface area contributed by atoms with E-state index in [1.807, 2.05) is 6.07 Å². The average molecular weight is 246 g/mol. The lowest BCUT2D eigenvalue weighted by atomic mass is 10.1. The number of carbonyl (C=O) groups is 1. The minimum atomic E-state index is -0.896. The molecular formula is C10H12ClNO4. The monoisotopic (exact) mass is 245 g/mol. The van der Waals surface area contributed by atoms with E-state index >= 15 is 0 Å². The van der Waals surface area contributed by atoms with Gasteiger partial charge in [-0.15, -0.1) is 0 Å². The molecule has 0 aliphatic carbocycles. The summed E-state index contributed by atoms with van der Waals surface area (Å²) in [7, 11) is 0. The van der Waals surface area contributed by atoms with Crippen LogP contribution in [0.25, 0.3) is 0 Å². The van der Waals surface area contributed by atoms with E-state index in [1.165, 1.54) is 0 Å². The molecule has 0 amide bonds. The van der Waals surface area contributed by atoms with Crippen molar-refractivity contribution in [2.24, 2.45) is 0 Å². The molecule has 1 aromatic rings. The molecule has 16 heavy (non-hydrogen) atoms. The largest absolute Gasteiger partial charge is 1.00 e. The number of fused-ring (bicyclic) bond motifs is 1. The Morgan fingerprint density at radius 1 is 1.44 bits per heavy atom. The Morgan fingerprint density at radius 3 is 2.81 bits per heavy atom. The smallest absolute Gasteiger partial charge is 0.362 e. The van der Waals surface area contributed by atoms with Crippen LogP contribution in [0.3, 0.4) is 0 Å². The van der Waals surface area contributed by atoms with Crippen molar-refractivity contribution in [2.75, 3.05) is 6.79 Å². The van der Waals surface area contributed by atoms with Crippen LogP contribution in [-0.2, 0) is 11.2 Å². The van der Waals surface area contributed by atoms with E-state index in [4.69, 9.17) is 14.6 Å². The second kappa shape index (κ2) is 5.05. The molecule has 88 valence electrons. The van der Waals surface area contributed by atoms with E-state index in [1.54, 1.807) is 12.1 Å². The van der Waals surface area contributed by atoms with Gasteiger partial charge in [-0.05, 0) is 17.7 Å². The summed E-state index contributed by atoms with van der Waals surface area (Å²) in [5.74, 6) is 0.479. The van der Waals surface area contributed by atoms with Crippen molar-refractivity contribution in [3.05, 3.63) is 23.8 Å². The molecule has 0 spiro atoms. The molecule has 1 unspecified atom stereocenters. The van der Waals surface area contributed by atoms with E-state index in [2.05, 4.69) is 5.73 Å². The van der Waals surface area contributed by atoms with Gasteiger partial charge in [0.25, 0.3) is 0 Å². The molecule has 4 N–H and O–H groups in total. The van der Waals surface area contributed by atoms with E-state index < -0.39 is 12.0 Å². The third-order valence-electron chi connectivity index (χ3n) is 2.27. The Bertz CT molecular complexity index is 396. The van der Waals surface area contributed by atoms with E-state index in [-0.39, 0.29) is 19.2 Å². The fourth-order valence-corrected chi connectivity index (χ4v) is 1.44. The third kappa shape index (κ3) is 2.56. The zero-order chi connectivity index (χ0) is 10.8. The van der Waals surface area contributed by atoms with Gasteiger partial charge in [-0.3, -0.25) is 0 Å². The summed E-state index contributed by atoms with van der Waals surface area (Å²) in [6.07, 6.45) is 0.395. The van der Waals surface area contributed by atoms with Crippen molar-refractivity contribution >= 4 is 5.97 Å². The molecule has 0 saturated heterocycles. The standard InChI is InChI=1S/C10H11NO4.ClH/c11-7(10(12)13)3-6-1-2-8-9(4-6)15-5-14-8;/h1-2,4,7H,3,5,11H2,(H,12,13);1H. The van der Waals surface area contributed by atoms with E-state index in [9.17, 15) is 4.79 Å². The molecule has 1 aliphatic rings. The molecular weight excluding hydrogens is 234 g/mol. The fourth-order valence-electron chi connectivity index (χ4n) is 1.44. The average Bonchev–Trinajstić information content (AvgIpc) is 2.64. The molecule has 1 aliphatic heterocycles. The van der Waals surface area contributed by atoms with Crippen LogP contribution < -0.4 is 27.6 Å². The molecule has 1 aromatic carbocycles.